The Morgan fingerprint density at radius 3 is 2.38 bits per heavy atom. The van der Waals surface area contributed by atoms with Crippen LogP contribution in [0.1, 0.15) is 39.0 Å². The molecule has 0 bridgehead atoms. The molecule has 1 saturated carbocycles. The van der Waals surface area contributed by atoms with Crippen LogP contribution in [0.3, 0.4) is 0 Å². The summed E-state index contributed by atoms with van der Waals surface area (Å²) in [7, 11) is 0. The van der Waals surface area contributed by atoms with Crippen LogP contribution in [0.15, 0.2) is 0 Å². The van der Waals surface area contributed by atoms with Crippen molar-refractivity contribution in [2.24, 2.45) is 0 Å². The van der Waals surface area contributed by atoms with Crippen LogP contribution in [-0.2, 0) is 9.53 Å². The molecule has 74 valence electrons. The van der Waals surface area contributed by atoms with Crippen molar-refractivity contribution in [3.8, 4) is 0 Å². The molecule has 3 heteroatoms. The van der Waals surface area contributed by atoms with E-state index in [1.54, 1.807) is 0 Å². The second-order valence-electron chi connectivity index (χ2n) is 4.18. The molecule has 1 spiro atoms. The molecule has 1 atom stereocenters. The third kappa shape index (κ3) is 1.10. The molecule has 1 aliphatic carbocycles. The summed E-state index contributed by atoms with van der Waals surface area (Å²) < 4.78 is 5.34. The summed E-state index contributed by atoms with van der Waals surface area (Å²) in [4.78, 5) is 11.5. The van der Waals surface area contributed by atoms with Gasteiger partial charge in [0.2, 0.25) is 0 Å². The van der Waals surface area contributed by atoms with Crippen LogP contribution in [0.4, 0.5) is 0 Å². The SMILES string of the molecule is C[Se][C@@]1(C)C(=O)OC12CCCCC2. The first-order valence-corrected chi connectivity index (χ1v) is 7.50. The van der Waals surface area contributed by atoms with Gasteiger partial charge in [0, 0.05) is 0 Å². The van der Waals surface area contributed by atoms with Crippen LogP contribution in [-0.4, -0.2) is 26.5 Å². The van der Waals surface area contributed by atoms with Crippen molar-refractivity contribution >= 4 is 20.9 Å². The van der Waals surface area contributed by atoms with E-state index in [1.165, 1.54) is 19.3 Å². The maximum absolute atomic E-state index is 11.5. The van der Waals surface area contributed by atoms with Crippen LogP contribution in [0, 0.1) is 0 Å². The summed E-state index contributed by atoms with van der Waals surface area (Å²) in [5, 5.41) is 0. The van der Waals surface area contributed by atoms with Crippen molar-refractivity contribution in [3.63, 3.8) is 0 Å². The molecule has 2 fully saturated rings. The predicted octanol–water partition coefficient (Wildman–Crippen LogP) is 2.18. The van der Waals surface area contributed by atoms with E-state index in [2.05, 4.69) is 12.7 Å². The Balaban J connectivity index is 2.19. The molecule has 0 N–H and O–H groups in total. The maximum atomic E-state index is 11.5. The van der Waals surface area contributed by atoms with Gasteiger partial charge in [-0.1, -0.05) is 0 Å². The molecule has 2 aliphatic rings. The van der Waals surface area contributed by atoms with Gasteiger partial charge in [-0.25, -0.2) is 0 Å². The number of carbonyl (C=O) groups excluding carboxylic acids is 1. The van der Waals surface area contributed by atoms with E-state index in [1.807, 2.05) is 0 Å². The number of hydrogen-bond acceptors (Lipinski definition) is 2. The zero-order valence-electron chi connectivity index (χ0n) is 8.26. The fraction of sp³-hybridized carbons (Fsp3) is 0.900. The Bertz CT molecular complexity index is 233. The van der Waals surface area contributed by atoms with Gasteiger partial charge in [0.05, 0.1) is 0 Å². The number of esters is 1. The van der Waals surface area contributed by atoms with E-state index in [0.29, 0.717) is 15.0 Å². The normalized spacial score (nSPS) is 36.9. The second-order valence-corrected chi connectivity index (χ2v) is 6.75. The zero-order chi connectivity index (χ0) is 9.53. The average Bonchev–Trinajstić information content (AvgIpc) is 2.18. The monoisotopic (exact) mass is 248 g/mol. The topological polar surface area (TPSA) is 26.3 Å². The molecule has 2 rings (SSSR count). The molecule has 2 nitrogen and oxygen atoms in total. The van der Waals surface area contributed by atoms with Gasteiger partial charge in [0.15, 0.2) is 0 Å². The summed E-state index contributed by atoms with van der Waals surface area (Å²) in [6.07, 6.45) is 5.99. The van der Waals surface area contributed by atoms with Crippen molar-refractivity contribution < 1.29 is 9.53 Å². The van der Waals surface area contributed by atoms with Gasteiger partial charge < -0.3 is 0 Å². The van der Waals surface area contributed by atoms with Gasteiger partial charge in [0.25, 0.3) is 0 Å². The Kier molecular flexibility index (Phi) is 2.20. The van der Waals surface area contributed by atoms with E-state index >= 15 is 0 Å². The molecule has 0 radical (unpaired) electrons. The first-order valence-electron chi connectivity index (χ1n) is 4.93. The second kappa shape index (κ2) is 2.99. The molecular formula is C10H16O2Se. The molecule has 1 aliphatic heterocycles. The Morgan fingerprint density at radius 1 is 1.31 bits per heavy atom. The number of rotatable bonds is 1. The van der Waals surface area contributed by atoms with Crippen LogP contribution >= 0.6 is 0 Å². The number of ether oxygens (including phenoxy) is 1. The van der Waals surface area contributed by atoms with E-state index in [-0.39, 0.29) is 15.9 Å². The first-order chi connectivity index (χ1) is 6.15. The fourth-order valence-corrected chi connectivity index (χ4v) is 4.22. The molecule has 13 heavy (non-hydrogen) atoms. The molecule has 0 aromatic carbocycles. The van der Waals surface area contributed by atoms with Crippen LogP contribution in [0.5, 0.6) is 0 Å². The molecule has 1 heterocycles. The molecule has 1 saturated heterocycles. The Morgan fingerprint density at radius 2 is 1.92 bits per heavy atom. The molecule has 0 unspecified atom stereocenters. The van der Waals surface area contributed by atoms with E-state index < -0.39 is 0 Å². The van der Waals surface area contributed by atoms with E-state index in [9.17, 15) is 4.79 Å². The van der Waals surface area contributed by atoms with Gasteiger partial charge in [-0.05, 0) is 0 Å². The average molecular weight is 247 g/mol. The summed E-state index contributed by atoms with van der Waals surface area (Å²) >= 11 is 0.375. The Hall–Kier alpha value is -0.0105. The molecule has 0 amide bonds. The molecule has 0 aromatic rings. The first kappa shape index (κ1) is 9.54. The van der Waals surface area contributed by atoms with Crippen LogP contribution in [0.25, 0.3) is 0 Å². The van der Waals surface area contributed by atoms with Gasteiger partial charge in [-0.2, -0.15) is 0 Å². The van der Waals surface area contributed by atoms with Crippen molar-refractivity contribution in [3.05, 3.63) is 0 Å². The third-order valence-corrected chi connectivity index (χ3v) is 6.46. The third-order valence-electron chi connectivity index (χ3n) is 3.62. The summed E-state index contributed by atoms with van der Waals surface area (Å²) in [5.74, 6) is 2.21. The standard InChI is InChI=1S/C10H16O2Se/c1-9(13-2)8(11)12-10(9)6-4-3-5-7-10/h3-7H2,1-2H3/t9-/m0/s1. The van der Waals surface area contributed by atoms with Gasteiger partial charge in [0.1, 0.15) is 0 Å². The minimum absolute atomic E-state index is 0.0446. The minimum atomic E-state index is -0.111. The molecular weight excluding hydrogens is 231 g/mol. The number of carbonyl (C=O) groups is 1. The van der Waals surface area contributed by atoms with Gasteiger partial charge >= 0.3 is 85.2 Å². The van der Waals surface area contributed by atoms with Crippen LogP contribution in [0.2, 0.25) is 10.1 Å². The fourth-order valence-electron chi connectivity index (χ4n) is 2.48. The van der Waals surface area contributed by atoms with Crippen molar-refractivity contribution in [1.29, 1.82) is 0 Å². The quantitative estimate of drug-likeness (QED) is 0.524. The van der Waals surface area contributed by atoms with Crippen molar-refractivity contribution in [2.45, 2.75) is 54.8 Å². The van der Waals surface area contributed by atoms with Crippen molar-refractivity contribution in [2.75, 3.05) is 0 Å². The molecule has 0 aromatic heterocycles. The summed E-state index contributed by atoms with van der Waals surface area (Å²) in [6, 6.07) is 0. The zero-order valence-corrected chi connectivity index (χ0v) is 9.97. The van der Waals surface area contributed by atoms with E-state index in [4.69, 9.17) is 4.74 Å². The van der Waals surface area contributed by atoms with Crippen molar-refractivity contribution in [1.82, 2.24) is 0 Å². The number of hydrogen-bond donors (Lipinski definition) is 0. The van der Waals surface area contributed by atoms with Gasteiger partial charge in [-0.3, -0.25) is 0 Å². The predicted molar refractivity (Wildman–Crippen MR) is 51.9 cm³/mol. The Labute approximate surface area is 85.6 Å². The van der Waals surface area contributed by atoms with Gasteiger partial charge in [-0.15, -0.1) is 0 Å². The van der Waals surface area contributed by atoms with Crippen LogP contribution < -0.4 is 0 Å². The summed E-state index contributed by atoms with van der Waals surface area (Å²) in [5.41, 5.74) is -0.0446. The van der Waals surface area contributed by atoms with E-state index in [0.717, 1.165) is 12.8 Å². The summed E-state index contributed by atoms with van der Waals surface area (Å²) in [6.45, 7) is 2.10.